The molecule has 1 aromatic heterocycles. The number of nitrogens with zero attached hydrogens (tertiary/aromatic N) is 3. The van der Waals surface area contributed by atoms with Crippen molar-refractivity contribution in [2.24, 2.45) is 0 Å². The highest BCUT2D eigenvalue weighted by atomic mass is 32.2. The van der Waals surface area contributed by atoms with Crippen molar-refractivity contribution in [2.45, 2.75) is 63.6 Å². The van der Waals surface area contributed by atoms with Crippen LogP contribution in [0.3, 0.4) is 0 Å². The molecule has 2 aromatic rings. The van der Waals surface area contributed by atoms with Crippen molar-refractivity contribution >= 4 is 23.4 Å². The molecule has 1 N–H and O–H groups in total. The van der Waals surface area contributed by atoms with E-state index in [9.17, 15) is 4.79 Å². The molecular weight excluding hydrogens is 332 g/mol. The SMILES string of the molecule is CCn1c(SCC(=O)Nc2ccc(C(C)(C)C)cc2)nnc1C1CC1. The first-order chi connectivity index (χ1) is 11.9. The molecule has 25 heavy (non-hydrogen) atoms. The summed E-state index contributed by atoms with van der Waals surface area (Å²) < 4.78 is 2.13. The summed E-state index contributed by atoms with van der Waals surface area (Å²) >= 11 is 1.45. The molecule has 1 aliphatic carbocycles. The summed E-state index contributed by atoms with van der Waals surface area (Å²) in [6.07, 6.45) is 2.40. The van der Waals surface area contributed by atoms with Crippen LogP contribution in [0.15, 0.2) is 29.4 Å². The lowest BCUT2D eigenvalue weighted by Crippen LogP contribution is -2.15. The van der Waals surface area contributed by atoms with Crippen LogP contribution in [0, 0.1) is 0 Å². The van der Waals surface area contributed by atoms with Crippen molar-refractivity contribution in [3.05, 3.63) is 35.7 Å². The molecule has 0 saturated heterocycles. The van der Waals surface area contributed by atoms with Crippen molar-refractivity contribution < 1.29 is 4.79 Å². The molecular formula is C19H26N4OS. The second kappa shape index (κ2) is 7.20. The number of nitrogens with one attached hydrogen (secondary N) is 1. The van der Waals surface area contributed by atoms with Crippen LogP contribution in [-0.4, -0.2) is 26.4 Å². The van der Waals surface area contributed by atoms with Crippen LogP contribution in [0.4, 0.5) is 5.69 Å². The minimum atomic E-state index is -0.0212. The molecule has 1 aromatic carbocycles. The van der Waals surface area contributed by atoms with Gasteiger partial charge in [-0.3, -0.25) is 4.79 Å². The Bertz CT molecular complexity index is 742. The zero-order chi connectivity index (χ0) is 18.0. The third-order valence-electron chi connectivity index (χ3n) is 4.37. The lowest BCUT2D eigenvalue weighted by molar-refractivity contribution is -0.113. The molecule has 0 bridgehead atoms. The lowest BCUT2D eigenvalue weighted by Gasteiger charge is -2.19. The fourth-order valence-electron chi connectivity index (χ4n) is 2.73. The van der Waals surface area contributed by atoms with Crippen molar-refractivity contribution in [3.63, 3.8) is 0 Å². The molecule has 0 unspecified atom stereocenters. The van der Waals surface area contributed by atoms with E-state index in [1.165, 1.54) is 30.2 Å². The van der Waals surface area contributed by atoms with Crippen LogP contribution < -0.4 is 5.32 Å². The van der Waals surface area contributed by atoms with Crippen molar-refractivity contribution in [2.75, 3.05) is 11.1 Å². The first kappa shape index (κ1) is 18.0. The normalized spacial score (nSPS) is 14.6. The second-order valence-electron chi connectivity index (χ2n) is 7.52. The highest BCUT2D eigenvalue weighted by molar-refractivity contribution is 7.99. The molecule has 0 atom stereocenters. The number of carbonyl (C=O) groups is 1. The fraction of sp³-hybridized carbons (Fsp3) is 0.526. The van der Waals surface area contributed by atoms with Gasteiger partial charge in [0, 0.05) is 18.2 Å². The summed E-state index contributed by atoms with van der Waals surface area (Å²) in [5, 5.41) is 12.4. The number of rotatable bonds is 6. The summed E-state index contributed by atoms with van der Waals surface area (Å²) in [5.74, 6) is 1.95. The molecule has 1 amide bonds. The van der Waals surface area contributed by atoms with Crippen LogP contribution in [0.5, 0.6) is 0 Å². The number of aromatic nitrogens is 3. The number of hydrogen-bond acceptors (Lipinski definition) is 4. The molecule has 1 aliphatic rings. The third kappa shape index (κ3) is 4.42. The number of anilines is 1. The van der Waals surface area contributed by atoms with Crippen LogP contribution in [0.2, 0.25) is 0 Å². The molecule has 1 saturated carbocycles. The van der Waals surface area contributed by atoms with E-state index in [0.29, 0.717) is 11.7 Å². The minimum Gasteiger partial charge on any atom is -0.325 e. The van der Waals surface area contributed by atoms with Gasteiger partial charge in [0.1, 0.15) is 5.82 Å². The van der Waals surface area contributed by atoms with Crippen LogP contribution in [-0.2, 0) is 16.8 Å². The van der Waals surface area contributed by atoms with Gasteiger partial charge in [-0.05, 0) is 42.9 Å². The van der Waals surface area contributed by atoms with Crippen LogP contribution in [0.1, 0.15) is 57.8 Å². The second-order valence-corrected chi connectivity index (χ2v) is 8.47. The van der Waals surface area contributed by atoms with Crippen molar-refractivity contribution in [1.82, 2.24) is 14.8 Å². The van der Waals surface area contributed by atoms with E-state index in [0.717, 1.165) is 23.2 Å². The molecule has 0 radical (unpaired) electrons. The summed E-state index contributed by atoms with van der Waals surface area (Å²) in [6.45, 7) is 9.47. The Morgan fingerprint density at radius 3 is 2.48 bits per heavy atom. The van der Waals surface area contributed by atoms with Crippen LogP contribution >= 0.6 is 11.8 Å². The van der Waals surface area contributed by atoms with Crippen molar-refractivity contribution in [3.8, 4) is 0 Å². The Hall–Kier alpha value is -1.82. The summed E-state index contributed by atoms with van der Waals surface area (Å²) in [7, 11) is 0. The van der Waals surface area contributed by atoms with E-state index in [4.69, 9.17) is 0 Å². The van der Waals surface area contributed by atoms with E-state index in [2.05, 4.69) is 59.9 Å². The van der Waals surface area contributed by atoms with Crippen molar-refractivity contribution in [1.29, 1.82) is 0 Å². The average Bonchev–Trinajstić information content (AvgIpc) is 3.32. The quantitative estimate of drug-likeness (QED) is 0.786. The molecule has 3 rings (SSSR count). The Morgan fingerprint density at radius 2 is 1.92 bits per heavy atom. The fourth-order valence-corrected chi connectivity index (χ4v) is 3.54. The first-order valence-electron chi connectivity index (χ1n) is 8.84. The average molecular weight is 359 g/mol. The summed E-state index contributed by atoms with van der Waals surface area (Å²) in [4.78, 5) is 12.2. The van der Waals surface area contributed by atoms with Gasteiger partial charge in [0.05, 0.1) is 5.75 Å². The number of amides is 1. The number of hydrogen-bond donors (Lipinski definition) is 1. The van der Waals surface area contributed by atoms with Gasteiger partial charge in [-0.15, -0.1) is 10.2 Å². The lowest BCUT2D eigenvalue weighted by atomic mass is 9.87. The van der Waals surface area contributed by atoms with Gasteiger partial charge in [0.25, 0.3) is 0 Å². The smallest absolute Gasteiger partial charge is 0.234 e. The first-order valence-corrected chi connectivity index (χ1v) is 9.83. The Balaban J connectivity index is 1.56. The van der Waals surface area contributed by atoms with Gasteiger partial charge in [-0.2, -0.15) is 0 Å². The summed E-state index contributed by atoms with van der Waals surface area (Å²) in [6, 6.07) is 8.06. The minimum absolute atomic E-state index is 0.0212. The standard InChI is InChI=1S/C19H26N4OS/c1-5-23-17(13-6-7-13)21-22-18(23)25-12-16(24)20-15-10-8-14(9-11-15)19(2,3)4/h8-11,13H,5-7,12H2,1-4H3,(H,20,24). The van der Waals surface area contributed by atoms with Gasteiger partial charge in [-0.25, -0.2) is 0 Å². The molecule has 0 spiro atoms. The Morgan fingerprint density at radius 1 is 1.24 bits per heavy atom. The molecule has 1 heterocycles. The molecule has 0 aliphatic heterocycles. The Labute approximate surface area is 153 Å². The van der Waals surface area contributed by atoms with E-state index in [1.54, 1.807) is 0 Å². The van der Waals surface area contributed by atoms with Gasteiger partial charge >= 0.3 is 0 Å². The molecule has 134 valence electrons. The highest BCUT2D eigenvalue weighted by Gasteiger charge is 2.30. The van der Waals surface area contributed by atoms with Crippen LogP contribution in [0.25, 0.3) is 0 Å². The van der Waals surface area contributed by atoms with E-state index >= 15 is 0 Å². The maximum atomic E-state index is 12.2. The predicted molar refractivity (Wildman–Crippen MR) is 102 cm³/mol. The maximum Gasteiger partial charge on any atom is 0.234 e. The number of benzene rings is 1. The molecule has 1 fully saturated rings. The van der Waals surface area contributed by atoms with Gasteiger partial charge in [0.2, 0.25) is 5.91 Å². The zero-order valence-corrected chi connectivity index (χ0v) is 16.2. The predicted octanol–water partition coefficient (Wildman–Crippen LogP) is 4.20. The largest absolute Gasteiger partial charge is 0.325 e. The summed E-state index contributed by atoms with van der Waals surface area (Å²) in [5.41, 5.74) is 2.19. The van der Waals surface area contributed by atoms with E-state index in [-0.39, 0.29) is 11.3 Å². The maximum absolute atomic E-state index is 12.2. The molecule has 6 heteroatoms. The Kier molecular flexibility index (Phi) is 5.18. The monoisotopic (exact) mass is 358 g/mol. The zero-order valence-electron chi connectivity index (χ0n) is 15.4. The third-order valence-corrected chi connectivity index (χ3v) is 5.34. The van der Waals surface area contributed by atoms with Gasteiger partial charge in [-0.1, -0.05) is 44.7 Å². The molecule has 5 nitrogen and oxygen atoms in total. The highest BCUT2D eigenvalue weighted by Crippen LogP contribution is 2.40. The number of carbonyl (C=O) groups excluding carboxylic acids is 1. The number of thioether (sulfide) groups is 1. The van der Waals surface area contributed by atoms with E-state index in [1.807, 2.05) is 12.1 Å². The van der Waals surface area contributed by atoms with Gasteiger partial charge in [0.15, 0.2) is 5.16 Å². The topological polar surface area (TPSA) is 59.8 Å². The van der Waals surface area contributed by atoms with Gasteiger partial charge < -0.3 is 9.88 Å². The van der Waals surface area contributed by atoms with E-state index < -0.39 is 0 Å².